The van der Waals surface area contributed by atoms with Crippen molar-refractivity contribution >= 4 is 28.8 Å². The van der Waals surface area contributed by atoms with Crippen LogP contribution in [-0.2, 0) is 5.41 Å². The smallest absolute Gasteiger partial charge is 0.263 e. The molecule has 0 aliphatic heterocycles. The topological polar surface area (TPSA) is 94.3 Å². The van der Waals surface area contributed by atoms with E-state index in [0.717, 1.165) is 39.1 Å². The molecule has 0 bridgehead atoms. The molecule has 4 rings (SSSR count). The van der Waals surface area contributed by atoms with E-state index in [-0.39, 0.29) is 5.91 Å². The molecule has 3 aromatic heterocycles. The summed E-state index contributed by atoms with van der Waals surface area (Å²) in [5.41, 5.74) is 5.68. The van der Waals surface area contributed by atoms with Crippen molar-refractivity contribution in [3.63, 3.8) is 0 Å². The van der Waals surface area contributed by atoms with Gasteiger partial charge in [0, 0.05) is 41.0 Å². The van der Waals surface area contributed by atoms with Crippen LogP contribution in [0.3, 0.4) is 0 Å². The number of hydrogen-bond acceptors (Lipinski definition) is 5. The Morgan fingerprint density at radius 1 is 1.09 bits per heavy atom. The number of H-pyrrole nitrogens is 1. The SMILES string of the molecule is CNC(=O)c1ccnc2c(C(C)(C)C=Nc3cc(-c4cc(C)nc(C)c4)nc[nH+]3)cccc12. The molecule has 0 saturated heterocycles. The van der Waals surface area contributed by atoms with Gasteiger partial charge in [0.25, 0.3) is 11.7 Å². The summed E-state index contributed by atoms with van der Waals surface area (Å²) in [4.78, 5) is 33.6. The first-order valence-corrected chi connectivity index (χ1v) is 10.8. The van der Waals surface area contributed by atoms with Gasteiger partial charge in [0.15, 0.2) is 5.69 Å². The van der Waals surface area contributed by atoms with Gasteiger partial charge in [-0.3, -0.25) is 14.8 Å². The number of amides is 1. The molecule has 0 spiro atoms. The maximum atomic E-state index is 12.3. The molecular formula is C26H27N6O+. The first-order valence-electron chi connectivity index (χ1n) is 10.8. The average Bonchev–Trinajstić information content (AvgIpc) is 2.81. The fraction of sp³-hybridized carbons (Fsp3) is 0.231. The summed E-state index contributed by atoms with van der Waals surface area (Å²) in [5.74, 6) is 0.561. The summed E-state index contributed by atoms with van der Waals surface area (Å²) in [6, 6.07) is 13.6. The second kappa shape index (κ2) is 8.86. The summed E-state index contributed by atoms with van der Waals surface area (Å²) in [7, 11) is 1.63. The number of nitrogens with zero attached hydrogens (tertiary/aromatic N) is 4. The number of aromatic nitrogens is 4. The van der Waals surface area contributed by atoms with Gasteiger partial charge in [0.05, 0.1) is 23.4 Å². The standard InChI is InChI=1S/C26H26N6O/c1-16-11-18(12-17(2)32-16)22-13-23(31-15-30-22)29-14-26(3,4)21-8-6-7-19-20(25(33)27-5)9-10-28-24(19)21/h6-15H,1-5H3,(H,27,33)/p+1. The number of aliphatic imine (C=N–C) groups is 1. The first-order chi connectivity index (χ1) is 15.8. The zero-order valence-electron chi connectivity index (χ0n) is 19.5. The molecule has 1 aromatic carbocycles. The lowest BCUT2D eigenvalue weighted by Crippen LogP contribution is -2.21. The first kappa shape index (κ1) is 22.2. The molecule has 0 aliphatic carbocycles. The highest BCUT2D eigenvalue weighted by Gasteiger charge is 2.24. The number of hydrogen-bond donors (Lipinski definition) is 1. The number of rotatable bonds is 5. The van der Waals surface area contributed by atoms with Crippen molar-refractivity contribution in [2.75, 3.05) is 7.05 Å². The van der Waals surface area contributed by atoms with Crippen LogP contribution in [0.2, 0.25) is 0 Å². The Labute approximate surface area is 193 Å². The van der Waals surface area contributed by atoms with E-state index in [2.05, 4.69) is 39.1 Å². The van der Waals surface area contributed by atoms with Crippen LogP contribution in [0.5, 0.6) is 0 Å². The lowest BCUT2D eigenvalue weighted by atomic mass is 9.84. The normalized spacial score (nSPS) is 11.8. The van der Waals surface area contributed by atoms with Crippen molar-refractivity contribution in [3.8, 4) is 11.3 Å². The summed E-state index contributed by atoms with van der Waals surface area (Å²) in [6.07, 6.45) is 5.22. The van der Waals surface area contributed by atoms with Crippen LogP contribution in [0.4, 0.5) is 5.82 Å². The van der Waals surface area contributed by atoms with Crippen LogP contribution >= 0.6 is 0 Å². The highest BCUT2D eigenvalue weighted by atomic mass is 16.1. The number of carbonyl (C=O) groups is 1. The van der Waals surface area contributed by atoms with Crippen molar-refractivity contribution < 1.29 is 9.78 Å². The van der Waals surface area contributed by atoms with Crippen LogP contribution in [0.25, 0.3) is 22.2 Å². The Morgan fingerprint density at radius 2 is 1.85 bits per heavy atom. The minimum atomic E-state index is -0.436. The third kappa shape index (κ3) is 4.62. The summed E-state index contributed by atoms with van der Waals surface area (Å²) >= 11 is 0. The molecule has 0 aliphatic rings. The molecule has 0 saturated carbocycles. The molecular weight excluding hydrogens is 412 g/mol. The summed E-state index contributed by atoms with van der Waals surface area (Å²) < 4.78 is 0. The monoisotopic (exact) mass is 439 g/mol. The van der Waals surface area contributed by atoms with Gasteiger partial charge < -0.3 is 5.32 Å². The van der Waals surface area contributed by atoms with Crippen LogP contribution in [0.15, 0.2) is 60.0 Å². The minimum Gasteiger partial charge on any atom is -0.355 e. The van der Waals surface area contributed by atoms with Gasteiger partial charge in [-0.15, -0.1) is 9.98 Å². The molecule has 3 heterocycles. The third-order valence-corrected chi connectivity index (χ3v) is 5.53. The highest BCUT2D eigenvalue weighted by Crippen LogP contribution is 2.30. The summed E-state index contributed by atoms with van der Waals surface area (Å²) in [5, 5.41) is 3.51. The Kier molecular flexibility index (Phi) is 5.96. The maximum absolute atomic E-state index is 12.3. The number of fused-ring (bicyclic) bond motifs is 1. The van der Waals surface area contributed by atoms with E-state index in [1.807, 2.05) is 56.5 Å². The largest absolute Gasteiger partial charge is 0.355 e. The van der Waals surface area contributed by atoms with Gasteiger partial charge >= 0.3 is 0 Å². The van der Waals surface area contributed by atoms with Gasteiger partial charge in [-0.1, -0.05) is 18.2 Å². The number of pyridine rings is 2. The van der Waals surface area contributed by atoms with Crippen molar-refractivity contribution in [1.29, 1.82) is 0 Å². The van der Waals surface area contributed by atoms with E-state index in [9.17, 15) is 4.79 Å². The van der Waals surface area contributed by atoms with Crippen molar-refractivity contribution in [2.45, 2.75) is 33.1 Å². The maximum Gasteiger partial charge on any atom is 0.263 e. The van der Waals surface area contributed by atoms with Crippen LogP contribution in [0, 0.1) is 13.8 Å². The second-order valence-corrected chi connectivity index (χ2v) is 8.58. The number of benzene rings is 1. The van der Waals surface area contributed by atoms with Gasteiger partial charge in [-0.25, -0.2) is 4.98 Å². The quantitative estimate of drug-likeness (QED) is 0.472. The van der Waals surface area contributed by atoms with E-state index in [4.69, 9.17) is 4.99 Å². The molecule has 0 unspecified atom stereocenters. The van der Waals surface area contributed by atoms with Crippen molar-refractivity contribution in [1.82, 2.24) is 20.3 Å². The zero-order valence-corrected chi connectivity index (χ0v) is 19.5. The van der Waals surface area contributed by atoms with Crippen LogP contribution in [0.1, 0.15) is 41.2 Å². The molecule has 1 amide bonds. The number of aromatic amines is 1. The van der Waals surface area contributed by atoms with Crippen LogP contribution in [-0.4, -0.2) is 34.1 Å². The molecule has 33 heavy (non-hydrogen) atoms. The van der Waals surface area contributed by atoms with Crippen molar-refractivity contribution in [2.24, 2.45) is 4.99 Å². The Hall–Kier alpha value is -4.00. The highest BCUT2D eigenvalue weighted by molar-refractivity contribution is 6.07. The predicted molar refractivity (Wildman–Crippen MR) is 130 cm³/mol. The number of aryl methyl sites for hydroxylation is 2. The average molecular weight is 440 g/mol. The molecule has 2 N–H and O–H groups in total. The number of nitrogens with one attached hydrogen (secondary N) is 2. The van der Waals surface area contributed by atoms with Crippen LogP contribution < -0.4 is 10.3 Å². The number of carbonyl (C=O) groups excluding carboxylic acids is 1. The Morgan fingerprint density at radius 3 is 2.58 bits per heavy atom. The molecule has 166 valence electrons. The van der Waals surface area contributed by atoms with E-state index in [1.54, 1.807) is 25.6 Å². The summed E-state index contributed by atoms with van der Waals surface area (Å²) in [6.45, 7) is 8.11. The lowest BCUT2D eigenvalue weighted by Gasteiger charge is -2.20. The number of para-hydroxylation sites is 1. The van der Waals surface area contributed by atoms with E-state index < -0.39 is 5.41 Å². The lowest BCUT2D eigenvalue weighted by molar-refractivity contribution is -0.367. The van der Waals surface area contributed by atoms with Crippen molar-refractivity contribution in [3.05, 3.63) is 77.5 Å². The predicted octanol–water partition coefficient (Wildman–Crippen LogP) is 4.16. The molecule has 0 fully saturated rings. The van der Waals surface area contributed by atoms with Gasteiger partial charge in [0.2, 0.25) is 6.33 Å². The molecule has 4 aromatic rings. The Balaban J connectivity index is 1.71. The van der Waals surface area contributed by atoms with Gasteiger partial charge in [0.1, 0.15) is 0 Å². The zero-order chi connectivity index (χ0) is 23.6. The molecule has 7 heteroatoms. The molecule has 7 nitrogen and oxygen atoms in total. The van der Waals surface area contributed by atoms with Gasteiger partial charge in [-0.05, 0) is 51.5 Å². The molecule has 0 atom stereocenters. The Bertz CT molecular complexity index is 1360. The molecule has 0 radical (unpaired) electrons. The minimum absolute atomic E-state index is 0.133. The van der Waals surface area contributed by atoms with Gasteiger partial charge in [-0.2, -0.15) is 0 Å². The van der Waals surface area contributed by atoms with E-state index in [1.165, 1.54) is 0 Å². The second-order valence-electron chi connectivity index (χ2n) is 8.58. The fourth-order valence-corrected chi connectivity index (χ4v) is 3.92. The third-order valence-electron chi connectivity index (χ3n) is 5.53. The fourth-order valence-electron chi connectivity index (χ4n) is 3.92. The van der Waals surface area contributed by atoms with E-state index in [0.29, 0.717) is 11.4 Å². The van der Waals surface area contributed by atoms with E-state index >= 15 is 0 Å².